The Kier molecular flexibility index (Phi) is 10.2. The Morgan fingerprint density at radius 2 is 1.91 bits per heavy atom. The predicted molar refractivity (Wildman–Crippen MR) is 116 cm³/mol. The average Bonchev–Trinajstić information content (AvgIpc) is 3.13. The molecule has 0 radical (unpaired) electrons. The van der Waals surface area contributed by atoms with Crippen molar-refractivity contribution >= 4 is 33.7 Å². The van der Waals surface area contributed by atoms with Crippen LogP contribution in [-0.2, 0) is 28.5 Å². The first kappa shape index (κ1) is 26.9. The number of hydrogen-bond acceptors (Lipinski definition) is 9. The van der Waals surface area contributed by atoms with Gasteiger partial charge in [-0.05, 0) is 34.3 Å². The van der Waals surface area contributed by atoms with E-state index in [0.717, 1.165) is 4.90 Å². The number of ether oxygens (including phenoxy) is 4. The van der Waals surface area contributed by atoms with Gasteiger partial charge in [-0.1, -0.05) is 20.8 Å². The van der Waals surface area contributed by atoms with E-state index in [0.29, 0.717) is 26.2 Å². The van der Waals surface area contributed by atoms with Gasteiger partial charge in [-0.15, -0.1) is 0 Å². The number of aliphatic hydroxyl groups is 2. The van der Waals surface area contributed by atoms with Crippen LogP contribution in [0.4, 0.5) is 4.79 Å². The molecule has 2 rings (SSSR count). The van der Waals surface area contributed by atoms with E-state index in [1.54, 1.807) is 0 Å². The second-order valence-corrected chi connectivity index (χ2v) is 9.01. The summed E-state index contributed by atoms with van der Waals surface area (Å²) in [5.74, 6) is -3.87. The first-order valence-corrected chi connectivity index (χ1v) is 11.5. The van der Waals surface area contributed by atoms with Crippen molar-refractivity contribution in [3.05, 3.63) is 10.6 Å². The molecule has 0 aliphatic carbocycles. The number of hydrogen-bond donors (Lipinski definition) is 2. The number of nitrogens with zero attached hydrogens (tertiary/aromatic N) is 1. The molecule has 0 aromatic rings. The Labute approximate surface area is 195 Å². The molecule has 2 aliphatic heterocycles. The zero-order valence-electron chi connectivity index (χ0n) is 18.6. The Morgan fingerprint density at radius 3 is 2.53 bits per heavy atom. The minimum atomic E-state index is -1.80. The quantitative estimate of drug-likeness (QED) is 0.365. The summed E-state index contributed by atoms with van der Waals surface area (Å²) in [6, 6.07) is -0.421. The van der Waals surface area contributed by atoms with Gasteiger partial charge in [-0.2, -0.15) is 0 Å². The Morgan fingerprint density at radius 1 is 1.25 bits per heavy atom. The SMILES string of the molecule is CC(C)[C@H]1COC(=O)N1C(=O)[C@@H](C)[C@@H]1O[C@](O)(CCCOCCOCCO)C(Br)=CC1=O. The number of imide groups is 1. The van der Waals surface area contributed by atoms with E-state index in [1.807, 2.05) is 13.8 Å². The normalized spacial score (nSPS) is 27.0. The van der Waals surface area contributed by atoms with Gasteiger partial charge in [0.25, 0.3) is 0 Å². The number of carbonyl (C=O) groups is 3. The minimum Gasteiger partial charge on any atom is -0.447 e. The fraction of sp³-hybridized carbons (Fsp3) is 0.762. The number of rotatable bonds is 12. The number of ketones is 1. The van der Waals surface area contributed by atoms with Crippen molar-refractivity contribution in [2.45, 2.75) is 51.5 Å². The largest absolute Gasteiger partial charge is 0.447 e. The van der Waals surface area contributed by atoms with E-state index in [2.05, 4.69) is 15.9 Å². The van der Waals surface area contributed by atoms with Gasteiger partial charge in [0.1, 0.15) is 12.7 Å². The Hall–Kier alpha value is -1.37. The smallest absolute Gasteiger partial charge is 0.416 e. The van der Waals surface area contributed by atoms with E-state index < -0.39 is 41.6 Å². The van der Waals surface area contributed by atoms with Gasteiger partial charge in [0.2, 0.25) is 5.91 Å². The molecule has 4 atom stereocenters. The molecule has 0 aromatic carbocycles. The van der Waals surface area contributed by atoms with E-state index >= 15 is 0 Å². The summed E-state index contributed by atoms with van der Waals surface area (Å²) in [6.45, 7) is 6.54. The second-order valence-electron chi connectivity index (χ2n) is 8.15. The van der Waals surface area contributed by atoms with Gasteiger partial charge in [0.15, 0.2) is 11.6 Å². The zero-order chi connectivity index (χ0) is 23.9. The van der Waals surface area contributed by atoms with E-state index in [9.17, 15) is 19.5 Å². The van der Waals surface area contributed by atoms with Crippen molar-refractivity contribution in [2.24, 2.45) is 11.8 Å². The summed E-state index contributed by atoms with van der Waals surface area (Å²) in [4.78, 5) is 38.8. The third kappa shape index (κ3) is 6.58. The molecule has 182 valence electrons. The Bertz CT molecular complexity index is 713. The van der Waals surface area contributed by atoms with Gasteiger partial charge in [0.05, 0.1) is 42.9 Å². The van der Waals surface area contributed by atoms with E-state index in [-0.39, 0.29) is 36.6 Å². The molecule has 10 nitrogen and oxygen atoms in total. The van der Waals surface area contributed by atoms with Crippen LogP contribution in [0.2, 0.25) is 0 Å². The van der Waals surface area contributed by atoms with Crippen molar-refractivity contribution in [1.29, 1.82) is 0 Å². The van der Waals surface area contributed by atoms with E-state index in [4.69, 9.17) is 24.1 Å². The molecule has 32 heavy (non-hydrogen) atoms. The van der Waals surface area contributed by atoms with Gasteiger partial charge >= 0.3 is 6.09 Å². The third-order valence-corrected chi connectivity index (χ3v) is 6.26. The number of amides is 2. The molecule has 0 spiro atoms. The lowest BCUT2D eigenvalue weighted by Gasteiger charge is -2.38. The summed E-state index contributed by atoms with van der Waals surface area (Å²) in [5.41, 5.74) is 0. The van der Waals surface area contributed by atoms with Crippen molar-refractivity contribution in [2.75, 3.05) is 39.6 Å². The van der Waals surface area contributed by atoms with Gasteiger partial charge in [-0.3, -0.25) is 9.59 Å². The number of cyclic esters (lactones) is 1. The summed E-state index contributed by atoms with van der Waals surface area (Å²) in [5, 5.41) is 19.6. The summed E-state index contributed by atoms with van der Waals surface area (Å²) in [7, 11) is 0. The maximum Gasteiger partial charge on any atom is 0.416 e. The maximum absolute atomic E-state index is 13.0. The number of carbonyl (C=O) groups excluding carboxylic acids is 3. The highest BCUT2D eigenvalue weighted by molar-refractivity contribution is 9.11. The summed E-state index contributed by atoms with van der Waals surface area (Å²) >= 11 is 3.19. The van der Waals surface area contributed by atoms with Crippen LogP contribution in [0.25, 0.3) is 0 Å². The van der Waals surface area contributed by atoms with Crippen LogP contribution in [0, 0.1) is 11.8 Å². The summed E-state index contributed by atoms with van der Waals surface area (Å²) in [6.07, 6.45) is -0.244. The topological polar surface area (TPSA) is 132 Å². The summed E-state index contributed by atoms with van der Waals surface area (Å²) < 4.78 is 21.4. The molecule has 1 fully saturated rings. The second kappa shape index (κ2) is 12.2. The predicted octanol–water partition coefficient (Wildman–Crippen LogP) is 1.37. The third-order valence-electron chi connectivity index (χ3n) is 5.41. The van der Waals surface area contributed by atoms with Crippen LogP contribution in [0.3, 0.4) is 0 Å². The number of halogens is 1. The number of aliphatic hydroxyl groups excluding tert-OH is 1. The van der Waals surface area contributed by atoms with Crippen molar-refractivity contribution in [3.63, 3.8) is 0 Å². The molecular weight excluding hydrogens is 490 g/mol. The molecule has 0 saturated carbocycles. The van der Waals surface area contributed by atoms with E-state index in [1.165, 1.54) is 13.0 Å². The zero-order valence-corrected chi connectivity index (χ0v) is 20.2. The minimum absolute atomic E-state index is 0.0133. The molecule has 1 saturated heterocycles. The molecule has 2 N–H and O–H groups in total. The van der Waals surface area contributed by atoms with Crippen molar-refractivity contribution in [1.82, 2.24) is 4.90 Å². The first-order chi connectivity index (χ1) is 15.1. The molecule has 0 unspecified atom stereocenters. The molecular formula is C21H32BrNO9. The van der Waals surface area contributed by atoms with Crippen LogP contribution in [0.5, 0.6) is 0 Å². The lowest BCUT2D eigenvalue weighted by molar-refractivity contribution is -0.217. The highest BCUT2D eigenvalue weighted by Gasteiger charge is 2.48. The van der Waals surface area contributed by atoms with Crippen LogP contribution >= 0.6 is 15.9 Å². The monoisotopic (exact) mass is 521 g/mol. The van der Waals surface area contributed by atoms with Crippen LogP contribution in [0.15, 0.2) is 10.6 Å². The molecule has 2 amide bonds. The standard InChI is InChI=1S/C21H32BrNO9/c1-13(2)15-12-31-20(27)23(15)19(26)14(3)18-16(25)11-17(22)21(28,32-18)5-4-7-29-9-10-30-8-6-24/h11,13-15,18,24,28H,4-10,12H2,1-3H3/t14-,15+,18-,21+/m0/s1. The van der Waals surface area contributed by atoms with Crippen molar-refractivity contribution < 1.29 is 43.5 Å². The molecule has 0 aromatic heterocycles. The fourth-order valence-electron chi connectivity index (χ4n) is 3.50. The van der Waals surface area contributed by atoms with Gasteiger partial charge < -0.3 is 29.2 Å². The average molecular weight is 522 g/mol. The van der Waals surface area contributed by atoms with Crippen LogP contribution in [0.1, 0.15) is 33.6 Å². The van der Waals surface area contributed by atoms with Crippen LogP contribution < -0.4 is 0 Å². The molecule has 2 aliphatic rings. The fourth-order valence-corrected chi connectivity index (χ4v) is 4.02. The molecule has 0 bridgehead atoms. The van der Waals surface area contributed by atoms with Gasteiger partial charge in [0, 0.05) is 13.0 Å². The first-order valence-electron chi connectivity index (χ1n) is 10.7. The lowest BCUT2D eigenvalue weighted by atomic mass is 9.93. The highest BCUT2D eigenvalue weighted by atomic mass is 79.9. The molecule has 2 heterocycles. The Balaban J connectivity index is 1.97. The maximum atomic E-state index is 13.0. The highest BCUT2D eigenvalue weighted by Crippen LogP contribution is 2.37. The lowest BCUT2D eigenvalue weighted by Crippen LogP contribution is -2.52. The van der Waals surface area contributed by atoms with Gasteiger partial charge in [-0.25, -0.2) is 9.69 Å². The molecule has 11 heteroatoms. The van der Waals surface area contributed by atoms with Crippen molar-refractivity contribution in [3.8, 4) is 0 Å². The van der Waals surface area contributed by atoms with Crippen LogP contribution in [-0.4, -0.2) is 90.5 Å².